The molecule has 5 nitrogen and oxygen atoms in total. The fourth-order valence-corrected chi connectivity index (χ4v) is 2.32. The van der Waals surface area contributed by atoms with Crippen molar-refractivity contribution >= 4 is 23.2 Å². The molecule has 0 saturated carbocycles. The third kappa shape index (κ3) is 4.09. The van der Waals surface area contributed by atoms with Crippen LogP contribution in [-0.4, -0.2) is 16.8 Å². The van der Waals surface area contributed by atoms with E-state index in [0.717, 1.165) is 5.56 Å². The summed E-state index contributed by atoms with van der Waals surface area (Å²) in [6.07, 6.45) is 3.21. The molecule has 1 heterocycles. The van der Waals surface area contributed by atoms with Gasteiger partial charge in [-0.25, -0.2) is 0 Å². The van der Waals surface area contributed by atoms with Gasteiger partial charge in [-0.2, -0.15) is 0 Å². The van der Waals surface area contributed by atoms with Gasteiger partial charge in [0, 0.05) is 23.0 Å². The summed E-state index contributed by atoms with van der Waals surface area (Å²) < 4.78 is 0. The van der Waals surface area contributed by atoms with E-state index in [0.29, 0.717) is 22.5 Å². The van der Waals surface area contributed by atoms with Crippen LogP contribution in [0, 0.1) is 6.92 Å². The molecule has 124 valence electrons. The molecule has 0 radical (unpaired) electrons. The fraction of sp³-hybridized carbons (Fsp3) is 0.0500. The van der Waals surface area contributed by atoms with E-state index in [1.807, 2.05) is 13.0 Å². The maximum atomic E-state index is 12.4. The number of nitrogens with zero attached hydrogens (tertiary/aromatic N) is 1. The summed E-state index contributed by atoms with van der Waals surface area (Å²) in [6, 6.07) is 17.6. The van der Waals surface area contributed by atoms with E-state index in [2.05, 4.69) is 15.6 Å². The molecule has 2 N–H and O–H groups in total. The lowest BCUT2D eigenvalue weighted by molar-refractivity contribution is 0.101. The Hall–Kier alpha value is -3.47. The van der Waals surface area contributed by atoms with E-state index >= 15 is 0 Å². The summed E-state index contributed by atoms with van der Waals surface area (Å²) in [5.74, 6) is -0.475. The largest absolute Gasteiger partial charge is 0.322 e. The Morgan fingerprint density at radius 1 is 0.840 bits per heavy atom. The van der Waals surface area contributed by atoms with Gasteiger partial charge in [0.2, 0.25) is 0 Å². The van der Waals surface area contributed by atoms with E-state index < -0.39 is 0 Å². The van der Waals surface area contributed by atoms with Gasteiger partial charge in [-0.05, 0) is 48.9 Å². The van der Waals surface area contributed by atoms with Crippen molar-refractivity contribution in [1.82, 2.24) is 4.98 Å². The highest BCUT2D eigenvalue weighted by atomic mass is 16.2. The first kappa shape index (κ1) is 16.4. The average molecular weight is 331 g/mol. The minimum atomic E-state index is -0.261. The second-order valence-corrected chi connectivity index (χ2v) is 5.55. The molecule has 0 aliphatic heterocycles. The van der Waals surface area contributed by atoms with Gasteiger partial charge >= 0.3 is 0 Å². The van der Waals surface area contributed by atoms with Crippen molar-refractivity contribution in [2.75, 3.05) is 10.6 Å². The quantitative estimate of drug-likeness (QED) is 0.762. The molecule has 0 saturated heterocycles. The van der Waals surface area contributed by atoms with E-state index in [-0.39, 0.29) is 11.8 Å². The van der Waals surface area contributed by atoms with Crippen LogP contribution in [0.2, 0.25) is 0 Å². The molecule has 0 aliphatic carbocycles. The van der Waals surface area contributed by atoms with Gasteiger partial charge in [0.15, 0.2) is 0 Å². The SMILES string of the molecule is Cc1ccc(C(=O)Nc2cccnc2)cc1NC(=O)c1ccccc1. The number of carbonyl (C=O) groups excluding carboxylic acids is 2. The van der Waals surface area contributed by atoms with Gasteiger partial charge < -0.3 is 10.6 Å². The summed E-state index contributed by atoms with van der Waals surface area (Å²) in [5.41, 5.74) is 3.11. The molecular formula is C20H17N3O2. The molecule has 25 heavy (non-hydrogen) atoms. The molecule has 5 heteroatoms. The highest BCUT2D eigenvalue weighted by Gasteiger charge is 2.11. The summed E-state index contributed by atoms with van der Waals surface area (Å²) in [6.45, 7) is 1.88. The molecular weight excluding hydrogens is 314 g/mol. The molecule has 0 bridgehead atoms. The van der Waals surface area contributed by atoms with Crippen LogP contribution >= 0.6 is 0 Å². The molecule has 3 aromatic rings. The predicted molar refractivity (Wildman–Crippen MR) is 97.8 cm³/mol. The fourth-order valence-electron chi connectivity index (χ4n) is 2.32. The standard InChI is InChI=1S/C20H17N3O2/c1-14-9-10-16(20(25)22-17-8-5-11-21-13-17)12-18(14)23-19(24)15-6-3-2-4-7-15/h2-13H,1H3,(H,22,25)(H,23,24). The van der Waals surface area contributed by atoms with Crippen molar-refractivity contribution in [2.24, 2.45) is 0 Å². The van der Waals surface area contributed by atoms with Crippen molar-refractivity contribution < 1.29 is 9.59 Å². The minimum absolute atomic E-state index is 0.214. The number of nitrogens with one attached hydrogen (secondary N) is 2. The molecule has 2 amide bonds. The van der Waals surface area contributed by atoms with E-state index in [1.165, 1.54) is 0 Å². The Balaban J connectivity index is 1.78. The van der Waals surface area contributed by atoms with Gasteiger partial charge in [-0.15, -0.1) is 0 Å². The van der Waals surface area contributed by atoms with Crippen LogP contribution in [0.5, 0.6) is 0 Å². The van der Waals surface area contributed by atoms with Gasteiger partial charge in [0.1, 0.15) is 0 Å². The first-order chi connectivity index (χ1) is 12.1. The zero-order valence-electron chi connectivity index (χ0n) is 13.7. The number of rotatable bonds is 4. The van der Waals surface area contributed by atoms with Crippen molar-refractivity contribution in [3.05, 3.63) is 89.7 Å². The maximum absolute atomic E-state index is 12.4. The lowest BCUT2D eigenvalue weighted by atomic mass is 10.1. The van der Waals surface area contributed by atoms with Crippen LogP contribution < -0.4 is 10.6 Å². The molecule has 0 fully saturated rings. The molecule has 1 aromatic heterocycles. The van der Waals surface area contributed by atoms with Crippen molar-refractivity contribution in [2.45, 2.75) is 6.92 Å². The average Bonchev–Trinajstić information content (AvgIpc) is 2.65. The lowest BCUT2D eigenvalue weighted by Crippen LogP contribution is -2.15. The number of carbonyl (C=O) groups is 2. The zero-order chi connectivity index (χ0) is 17.6. The topological polar surface area (TPSA) is 71.1 Å². The summed E-state index contributed by atoms with van der Waals surface area (Å²) in [5, 5.41) is 5.63. The highest BCUT2D eigenvalue weighted by molar-refractivity contribution is 6.07. The monoisotopic (exact) mass is 331 g/mol. The van der Waals surface area contributed by atoms with E-state index in [9.17, 15) is 9.59 Å². The van der Waals surface area contributed by atoms with Gasteiger partial charge in [0.25, 0.3) is 11.8 Å². The molecule has 0 unspecified atom stereocenters. The normalized spacial score (nSPS) is 10.1. The first-order valence-electron chi connectivity index (χ1n) is 7.82. The number of hydrogen-bond acceptors (Lipinski definition) is 3. The Labute approximate surface area is 145 Å². The smallest absolute Gasteiger partial charge is 0.255 e. The van der Waals surface area contributed by atoms with Crippen molar-refractivity contribution in [3.8, 4) is 0 Å². The highest BCUT2D eigenvalue weighted by Crippen LogP contribution is 2.19. The number of pyridine rings is 1. The molecule has 2 aromatic carbocycles. The molecule has 0 atom stereocenters. The number of aromatic nitrogens is 1. The summed E-state index contributed by atoms with van der Waals surface area (Å²) in [7, 11) is 0. The van der Waals surface area contributed by atoms with Crippen LogP contribution in [0.4, 0.5) is 11.4 Å². The van der Waals surface area contributed by atoms with E-state index in [1.54, 1.807) is 67.0 Å². The third-order valence-electron chi connectivity index (χ3n) is 3.70. The Bertz CT molecular complexity index is 893. The Morgan fingerprint density at radius 2 is 1.60 bits per heavy atom. The second-order valence-electron chi connectivity index (χ2n) is 5.55. The van der Waals surface area contributed by atoms with Gasteiger partial charge in [-0.1, -0.05) is 24.3 Å². The van der Waals surface area contributed by atoms with Gasteiger partial charge in [0.05, 0.1) is 11.9 Å². The molecule has 0 aliphatic rings. The minimum Gasteiger partial charge on any atom is -0.322 e. The maximum Gasteiger partial charge on any atom is 0.255 e. The summed E-state index contributed by atoms with van der Waals surface area (Å²) in [4.78, 5) is 28.7. The molecule has 3 rings (SSSR count). The van der Waals surface area contributed by atoms with Crippen LogP contribution in [0.25, 0.3) is 0 Å². The zero-order valence-corrected chi connectivity index (χ0v) is 13.7. The third-order valence-corrected chi connectivity index (χ3v) is 3.70. The molecule has 0 spiro atoms. The lowest BCUT2D eigenvalue weighted by Gasteiger charge is -2.11. The Morgan fingerprint density at radius 3 is 2.32 bits per heavy atom. The number of anilines is 2. The van der Waals surface area contributed by atoms with Crippen LogP contribution in [0.3, 0.4) is 0 Å². The predicted octanol–water partition coefficient (Wildman–Crippen LogP) is 3.89. The second kappa shape index (κ2) is 7.40. The van der Waals surface area contributed by atoms with Crippen LogP contribution in [0.15, 0.2) is 73.1 Å². The number of aryl methyl sites for hydroxylation is 1. The van der Waals surface area contributed by atoms with E-state index in [4.69, 9.17) is 0 Å². The van der Waals surface area contributed by atoms with Crippen LogP contribution in [0.1, 0.15) is 26.3 Å². The van der Waals surface area contributed by atoms with Crippen LogP contribution in [-0.2, 0) is 0 Å². The Kier molecular flexibility index (Phi) is 4.85. The number of hydrogen-bond donors (Lipinski definition) is 2. The number of benzene rings is 2. The van der Waals surface area contributed by atoms with Crippen molar-refractivity contribution in [3.63, 3.8) is 0 Å². The van der Waals surface area contributed by atoms with Crippen molar-refractivity contribution in [1.29, 1.82) is 0 Å². The van der Waals surface area contributed by atoms with Gasteiger partial charge in [-0.3, -0.25) is 14.6 Å². The summed E-state index contributed by atoms with van der Waals surface area (Å²) >= 11 is 0. The number of amides is 2. The first-order valence-corrected chi connectivity index (χ1v) is 7.82.